The van der Waals surface area contributed by atoms with Crippen molar-refractivity contribution in [3.63, 3.8) is 0 Å². The Bertz CT molecular complexity index is 637. The standard InChI is InChI=1S/C14H12N2.ClH.Pd/c1-9-3-5-11-7-8-12-6-4-10(2)16-14(12)13(11)15-9;;/h3-8H,1-2H3;1H;. The zero-order chi connectivity index (χ0) is 11.1. The molecule has 0 bridgehead atoms. The first kappa shape index (κ1) is 15.1. The number of halogens is 1. The first-order valence-electron chi connectivity index (χ1n) is 5.38. The van der Waals surface area contributed by atoms with Gasteiger partial charge >= 0.3 is 0 Å². The van der Waals surface area contributed by atoms with Crippen molar-refractivity contribution in [2.45, 2.75) is 13.8 Å². The van der Waals surface area contributed by atoms with Gasteiger partial charge in [-0.25, -0.2) is 0 Å². The van der Waals surface area contributed by atoms with Crippen LogP contribution in [0.2, 0.25) is 0 Å². The van der Waals surface area contributed by atoms with Crippen molar-refractivity contribution in [1.29, 1.82) is 0 Å². The topological polar surface area (TPSA) is 25.8 Å². The summed E-state index contributed by atoms with van der Waals surface area (Å²) in [6.07, 6.45) is 0. The van der Waals surface area contributed by atoms with E-state index < -0.39 is 0 Å². The molecule has 0 fully saturated rings. The number of aryl methyl sites for hydroxylation is 2. The van der Waals surface area contributed by atoms with E-state index in [0.29, 0.717) is 0 Å². The molecule has 4 heteroatoms. The molecule has 0 radical (unpaired) electrons. The summed E-state index contributed by atoms with van der Waals surface area (Å²) >= 11 is 0. The Kier molecular flexibility index (Phi) is 4.81. The van der Waals surface area contributed by atoms with Crippen LogP contribution in [-0.4, -0.2) is 9.97 Å². The van der Waals surface area contributed by atoms with Gasteiger partial charge in [0.15, 0.2) is 0 Å². The Balaban J connectivity index is 0.000000810. The fraction of sp³-hybridized carbons (Fsp3) is 0.143. The van der Waals surface area contributed by atoms with Crippen LogP contribution in [0.1, 0.15) is 11.4 Å². The molecule has 96 valence electrons. The van der Waals surface area contributed by atoms with E-state index in [1.807, 2.05) is 26.0 Å². The predicted octanol–water partition coefficient (Wildman–Crippen LogP) is 3.82. The molecule has 1 aromatic carbocycles. The molecule has 0 N–H and O–H groups in total. The van der Waals surface area contributed by atoms with Crippen LogP contribution < -0.4 is 0 Å². The van der Waals surface area contributed by atoms with E-state index in [1.165, 1.54) is 0 Å². The molecule has 0 aliphatic heterocycles. The molecule has 2 aromatic heterocycles. The summed E-state index contributed by atoms with van der Waals surface area (Å²) in [7, 11) is 0. The van der Waals surface area contributed by atoms with Crippen LogP contribution in [0.4, 0.5) is 0 Å². The quantitative estimate of drug-likeness (QED) is 0.455. The van der Waals surface area contributed by atoms with E-state index in [0.717, 1.165) is 33.2 Å². The molecule has 0 saturated carbocycles. The summed E-state index contributed by atoms with van der Waals surface area (Å²) in [5, 5.41) is 2.30. The molecule has 0 saturated heterocycles. The molecule has 0 aliphatic rings. The van der Waals surface area contributed by atoms with E-state index in [9.17, 15) is 0 Å². The zero-order valence-electron chi connectivity index (χ0n) is 10.1. The molecule has 3 rings (SSSR count). The van der Waals surface area contributed by atoms with Crippen LogP contribution in [-0.2, 0) is 20.4 Å². The number of benzene rings is 1. The van der Waals surface area contributed by atoms with Crippen molar-refractivity contribution in [2.24, 2.45) is 0 Å². The van der Waals surface area contributed by atoms with Crippen molar-refractivity contribution in [1.82, 2.24) is 9.97 Å². The summed E-state index contributed by atoms with van der Waals surface area (Å²) in [4.78, 5) is 9.16. The number of aromatic nitrogens is 2. The van der Waals surface area contributed by atoms with Crippen LogP contribution in [0, 0.1) is 13.8 Å². The minimum atomic E-state index is 0. The Morgan fingerprint density at radius 1 is 0.667 bits per heavy atom. The van der Waals surface area contributed by atoms with Gasteiger partial charge in [0.05, 0.1) is 11.0 Å². The molecule has 18 heavy (non-hydrogen) atoms. The van der Waals surface area contributed by atoms with Crippen LogP contribution in [0.3, 0.4) is 0 Å². The second-order valence-corrected chi connectivity index (χ2v) is 4.11. The molecular formula is C14H13ClN2Pd. The fourth-order valence-electron chi connectivity index (χ4n) is 1.96. The van der Waals surface area contributed by atoms with Gasteiger partial charge in [-0.1, -0.05) is 24.3 Å². The number of fused-ring (bicyclic) bond motifs is 3. The summed E-state index contributed by atoms with van der Waals surface area (Å²) in [6.45, 7) is 4.02. The fourth-order valence-corrected chi connectivity index (χ4v) is 1.96. The van der Waals surface area contributed by atoms with Gasteiger partial charge in [-0.05, 0) is 26.0 Å². The van der Waals surface area contributed by atoms with E-state index >= 15 is 0 Å². The SMILES string of the molecule is Cc1ccc2ccc3ccc(C)nc3c2n1.Cl.[Pd]. The average molecular weight is 351 g/mol. The third-order valence-electron chi connectivity index (χ3n) is 2.80. The maximum absolute atomic E-state index is 4.58. The molecule has 2 nitrogen and oxygen atoms in total. The van der Waals surface area contributed by atoms with Crippen molar-refractivity contribution in [3.8, 4) is 0 Å². The average Bonchev–Trinajstić information content (AvgIpc) is 2.29. The second kappa shape index (κ2) is 5.75. The maximum Gasteiger partial charge on any atom is 0.0967 e. The van der Waals surface area contributed by atoms with Crippen LogP contribution >= 0.6 is 12.4 Å². The first-order chi connectivity index (χ1) is 7.74. The molecule has 0 aliphatic carbocycles. The number of hydrogen-bond acceptors (Lipinski definition) is 2. The molecule has 0 unspecified atom stereocenters. The summed E-state index contributed by atoms with van der Waals surface area (Å²) < 4.78 is 0. The van der Waals surface area contributed by atoms with Gasteiger partial charge in [-0.3, -0.25) is 9.97 Å². The summed E-state index contributed by atoms with van der Waals surface area (Å²) in [6, 6.07) is 12.5. The molecule has 0 spiro atoms. The van der Waals surface area contributed by atoms with Crippen LogP contribution in [0.15, 0.2) is 36.4 Å². The number of pyridine rings is 2. The molecule has 0 amide bonds. The number of nitrogens with zero attached hydrogens (tertiary/aromatic N) is 2. The van der Waals surface area contributed by atoms with Gasteiger partial charge in [0.25, 0.3) is 0 Å². The largest absolute Gasteiger partial charge is 0.251 e. The van der Waals surface area contributed by atoms with Gasteiger partial charge < -0.3 is 0 Å². The number of hydrogen-bond donors (Lipinski definition) is 0. The Hall–Kier alpha value is -1.01. The third kappa shape index (κ3) is 2.54. The van der Waals surface area contributed by atoms with E-state index in [4.69, 9.17) is 0 Å². The maximum atomic E-state index is 4.58. The predicted molar refractivity (Wildman–Crippen MR) is 73.8 cm³/mol. The van der Waals surface area contributed by atoms with Gasteiger partial charge in [-0.2, -0.15) is 0 Å². The van der Waals surface area contributed by atoms with E-state index in [2.05, 4.69) is 34.2 Å². The smallest absolute Gasteiger partial charge is 0.0967 e. The monoisotopic (exact) mass is 350 g/mol. The second-order valence-electron chi connectivity index (χ2n) is 4.11. The normalized spacial score (nSPS) is 9.89. The molecule has 3 aromatic rings. The van der Waals surface area contributed by atoms with Crippen molar-refractivity contribution in [2.75, 3.05) is 0 Å². The number of rotatable bonds is 0. The van der Waals surface area contributed by atoms with E-state index in [1.54, 1.807) is 0 Å². The third-order valence-corrected chi connectivity index (χ3v) is 2.80. The van der Waals surface area contributed by atoms with Gasteiger partial charge in [-0.15, -0.1) is 12.4 Å². The van der Waals surface area contributed by atoms with Crippen molar-refractivity contribution in [3.05, 3.63) is 47.8 Å². The Morgan fingerprint density at radius 3 is 1.39 bits per heavy atom. The summed E-state index contributed by atoms with van der Waals surface area (Å²) in [5.41, 5.74) is 4.06. The van der Waals surface area contributed by atoms with Gasteiger partial charge in [0.1, 0.15) is 0 Å². The van der Waals surface area contributed by atoms with Gasteiger partial charge in [0.2, 0.25) is 0 Å². The van der Waals surface area contributed by atoms with Crippen LogP contribution in [0.5, 0.6) is 0 Å². The Labute approximate surface area is 126 Å². The minimum Gasteiger partial charge on any atom is -0.251 e. The summed E-state index contributed by atoms with van der Waals surface area (Å²) in [5.74, 6) is 0. The molecule has 2 heterocycles. The van der Waals surface area contributed by atoms with E-state index in [-0.39, 0.29) is 32.8 Å². The minimum absolute atomic E-state index is 0. The van der Waals surface area contributed by atoms with Crippen molar-refractivity contribution < 1.29 is 20.4 Å². The molecular weight excluding hydrogens is 338 g/mol. The van der Waals surface area contributed by atoms with Crippen molar-refractivity contribution >= 4 is 34.2 Å². The Morgan fingerprint density at radius 2 is 1.00 bits per heavy atom. The van der Waals surface area contributed by atoms with Crippen LogP contribution in [0.25, 0.3) is 21.8 Å². The molecule has 0 atom stereocenters. The van der Waals surface area contributed by atoms with Gasteiger partial charge in [0, 0.05) is 42.6 Å². The zero-order valence-corrected chi connectivity index (χ0v) is 12.5. The first-order valence-corrected chi connectivity index (χ1v) is 5.38.